The second kappa shape index (κ2) is 5.26. The fourth-order valence-electron chi connectivity index (χ4n) is 2.08. The summed E-state index contributed by atoms with van der Waals surface area (Å²) < 4.78 is 32.5. The number of benzene rings is 2. The van der Waals surface area contributed by atoms with E-state index in [1.54, 1.807) is 12.1 Å². The van der Waals surface area contributed by atoms with E-state index in [2.05, 4.69) is 0 Å². The number of hydrogen-bond acceptors (Lipinski definition) is 3. The molecule has 5 heteroatoms. The molecule has 106 valence electrons. The molecule has 3 rings (SSSR count). The van der Waals surface area contributed by atoms with Gasteiger partial charge in [0.1, 0.15) is 5.82 Å². The first-order valence-corrected chi connectivity index (χ1v) is 6.97. The van der Waals surface area contributed by atoms with Gasteiger partial charge in [-0.2, -0.15) is 0 Å². The van der Waals surface area contributed by atoms with Crippen molar-refractivity contribution in [3.8, 4) is 5.75 Å². The molecule has 0 saturated carbocycles. The van der Waals surface area contributed by atoms with Crippen molar-refractivity contribution in [3.63, 3.8) is 0 Å². The predicted octanol–water partition coefficient (Wildman–Crippen LogP) is 4.42. The summed E-state index contributed by atoms with van der Waals surface area (Å²) in [5, 5.41) is 0.664. The molecule has 0 aliphatic carbocycles. The highest BCUT2D eigenvalue weighted by Crippen LogP contribution is 2.29. The van der Waals surface area contributed by atoms with Crippen LogP contribution >= 0.6 is 11.3 Å². The Labute approximate surface area is 123 Å². The van der Waals surface area contributed by atoms with Crippen LogP contribution in [0.1, 0.15) is 15.2 Å². The Morgan fingerprint density at radius 2 is 1.90 bits per heavy atom. The SMILES string of the molecule is COc1ccc(C(=O)c2cc3cc(F)ccc3s2)cc1F. The lowest BCUT2D eigenvalue weighted by Crippen LogP contribution is -2.00. The van der Waals surface area contributed by atoms with Gasteiger partial charge in [-0.1, -0.05) is 0 Å². The predicted molar refractivity (Wildman–Crippen MR) is 78.2 cm³/mol. The van der Waals surface area contributed by atoms with Crippen LogP contribution in [0.3, 0.4) is 0 Å². The number of carbonyl (C=O) groups is 1. The number of fused-ring (bicyclic) bond motifs is 1. The maximum Gasteiger partial charge on any atom is 0.203 e. The minimum atomic E-state index is -0.587. The van der Waals surface area contributed by atoms with Crippen molar-refractivity contribution < 1.29 is 18.3 Å². The van der Waals surface area contributed by atoms with Crippen LogP contribution in [0.4, 0.5) is 8.78 Å². The van der Waals surface area contributed by atoms with Crippen LogP contribution in [0.25, 0.3) is 10.1 Å². The molecule has 0 aliphatic heterocycles. The third kappa shape index (κ3) is 2.52. The van der Waals surface area contributed by atoms with Gasteiger partial charge in [0.2, 0.25) is 5.78 Å². The van der Waals surface area contributed by atoms with E-state index >= 15 is 0 Å². The van der Waals surface area contributed by atoms with Crippen molar-refractivity contribution in [2.75, 3.05) is 7.11 Å². The highest BCUT2D eigenvalue weighted by molar-refractivity contribution is 7.21. The van der Waals surface area contributed by atoms with E-state index in [1.165, 1.54) is 42.7 Å². The van der Waals surface area contributed by atoms with E-state index in [0.29, 0.717) is 10.3 Å². The number of ether oxygens (including phenoxy) is 1. The molecule has 0 fully saturated rings. The molecule has 2 aromatic carbocycles. The maximum absolute atomic E-state index is 13.7. The maximum atomic E-state index is 13.7. The van der Waals surface area contributed by atoms with Gasteiger partial charge in [-0.15, -0.1) is 11.3 Å². The van der Waals surface area contributed by atoms with Crippen LogP contribution in [0, 0.1) is 11.6 Å². The lowest BCUT2D eigenvalue weighted by molar-refractivity contribution is 0.104. The van der Waals surface area contributed by atoms with Crippen molar-refractivity contribution in [2.45, 2.75) is 0 Å². The first kappa shape index (κ1) is 13.7. The highest BCUT2D eigenvalue weighted by atomic mass is 32.1. The molecule has 0 aliphatic rings. The zero-order valence-electron chi connectivity index (χ0n) is 11.0. The number of methoxy groups -OCH3 is 1. The summed E-state index contributed by atoms with van der Waals surface area (Å²) in [5.41, 5.74) is 0.236. The van der Waals surface area contributed by atoms with Crippen LogP contribution in [0.2, 0.25) is 0 Å². The topological polar surface area (TPSA) is 26.3 Å². The van der Waals surface area contributed by atoms with Gasteiger partial charge in [0, 0.05) is 10.3 Å². The molecule has 0 spiro atoms. The summed E-state index contributed by atoms with van der Waals surface area (Å²) in [7, 11) is 1.36. The highest BCUT2D eigenvalue weighted by Gasteiger charge is 2.15. The summed E-state index contributed by atoms with van der Waals surface area (Å²) >= 11 is 1.25. The van der Waals surface area contributed by atoms with Crippen LogP contribution < -0.4 is 4.74 Å². The Balaban J connectivity index is 2.01. The zero-order chi connectivity index (χ0) is 15.0. The molecule has 0 amide bonds. The van der Waals surface area contributed by atoms with Crippen molar-refractivity contribution in [1.29, 1.82) is 0 Å². The average Bonchev–Trinajstić information content (AvgIpc) is 2.89. The third-order valence-electron chi connectivity index (χ3n) is 3.12. The van der Waals surface area contributed by atoms with Gasteiger partial charge < -0.3 is 4.74 Å². The molecule has 3 aromatic rings. The smallest absolute Gasteiger partial charge is 0.203 e. The lowest BCUT2D eigenvalue weighted by Gasteiger charge is -2.03. The average molecular weight is 304 g/mol. The molecule has 0 saturated heterocycles. The number of rotatable bonds is 3. The van der Waals surface area contributed by atoms with Gasteiger partial charge in [-0.05, 0) is 47.9 Å². The zero-order valence-corrected chi connectivity index (χ0v) is 11.8. The molecule has 0 bridgehead atoms. The molecule has 21 heavy (non-hydrogen) atoms. The minimum absolute atomic E-state index is 0.0879. The second-order valence-electron chi connectivity index (χ2n) is 4.47. The van der Waals surface area contributed by atoms with Gasteiger partial charge in [-0.3, -0.25) is 4.79 Å². The fraction of sp³-hybridized carbons (Fsp3) is 0.0625. The molecule has 1 aromatic heterocycles. The molecule has 1 heterocycles. The minimum Gasteiger partial charge on any atom is -0.494 e. The van der Waals surface area contributed by atoms with Gasteiger partial charge in [0.05, 0.1) is 12.0 Å². The van der Waals surface area contributed by atoms with Crippen LogP contribution in [0.15, 0.2) is 42.5 Å². The Kier molecular flexibility index (Phi) is 3.43. The number of ketones is 1. The molecule has 0 unspecified atom stereocenters. The van der Waals surface area contributed by atoms with Crippen molar-refractivity contribution in [2.24, 2.45) is 0 Å². The molecule has 0 radical (unpaired) electrons. The van der Waals surface area contributed by atoms with Crippen LogP contribution in [-0.2, 0) is 0 Å². The Hall–Kier alpha value is -2.27. The van der Waals surface area contributed by atoms with Crippen LogP contribution in [0.5, 0.6) is 5.75 Å². The lowest BCUT2D eigenvalue weighted by atomic mass is 10.1. The molecule has 2 nitrogen and oxygen atoms in total. The fourth-order valence-corrected chi connectivity index (χ4v) is 3.08. The molecule has 0 atom stereocenters. The molecular weight excluding hydrogens is 294 g/mol. The number of halogens is 2. The van der Waals surface area contributed by atoms with Crippen molar-refractivity contribution in [3.05, 3.63) is 64.5 Å². The summed E-state index contributed by atoms with van der Waals surface area (Å²) in [6, 6.07) is 10.0. The Morgan fingerprint density at radius 3 is 2.62 bits per heavy atom. The Bertz CT molecular complexity index is 839. The summed E-state index contributed by atoms with van der Waals surface area (Å²) in [6.07, 6.45) is 0. The van der Waals surface area contributed by atoms with Gasteiger partial charge in [0.15, 0.2) is 11.6 Å². The molecular formula is C16H10F2O2S. The monoisotopic (exact) mass is 304 g/mol. The van der Waals surface area contributed by atoms with Gasteiger partial charge in [0.25, 0.3) is 0 Å². The standard InChI is InChI=1S/C16H10F2O2S/c1-20-13-4-2-9(7-12(13)18)16(19)15-8-10-6-11(17)3-5-14(10)21-15/h2-8H,1H3. The van der Waals surface area contributed by atoms with Crippen LogP contribution in [-0.4, -0.2) is 12.9 Å². The third-order valence-corrected chi connectivity index (χ3v) is 4.23. The summed E-state index contributed by atoms with van der Waals surface area (Å²) in [5.74, 6) is -1.14. The van der Waals surface area contributed by atoms with E-state index < -0.39 is 5.82 Å². The Morgan fingerprint density at radius 1 is 1.10 bits per heavy atom. The summed E-state index contributed by atoms with van der Waals surface area (Å²) in [6.45, 7) is 0. The van der Waals surface area contributed by atoms with E-state index in [9.17, 15) is 13.6 Å². The number of hydrogen-bond donors (Lipinski definition) is 0. The second-order valence-corrected chi connectivity index (χ2v) is 5.56. The van der Waals surface area contributed by atoms with Crippen molar-refractivity contribution >= 4 is 27.2 Å². The normalized spacial score (nSPS) is 10.8. The van der Waals surface area contributed by atoms with E-state index in [1.807, 2.05) is 0 Å². The molecule has 0 N–H and O–H groups in total. The number of carbonyl (C=O) groups excluding carboxylic acids is 1. The van der Waals surface area contributed by atoms with Crippen molar-refractivity contribution in [1.82, 2.24) is 0 Å². The van der Waals surface area contributed by atoms with Gasteiger partial charge in [-0.25, -0.2) is 8.78 Å². The quantitative estimate of drug-likeness (QED) is 0.670. The number of thiophene rings is 1. The summed E-state index contributed by atoms with van der Waals surface area (Å²) in [4.78, 5) is 12.8. The van der Waals surface area contributed by atoms with Gasteiger partial charge >= 0.3 is 0 Å². The van der Waals surface area contributed by atoms with E-state index in [4.69, 9.17) is 4.74 Å². The first-order valence-electron chi connectivity index (χ1n) is 6.16. The first-order chi connectivity index (χ1) is 10.1. The van der Waals surface area contributed by atoms with E-state index in [0.717, 1.165) is 10.8 Å². The van der Waals surface area contributed by atoms with E-state index in [-0.39, 0.29) is 22.9 Å². The largest absolute Gasteiger partial charge is 0.494 e.